The Balaban J connectivity index is 2.45. The molecule has 0 aliphatic carbocycles. The van der Waals surface area contributed by atoms with Crippen molar-refractivity contribution in [3.8, 4) is 0 Å². The van der Waals surface area contributed by atoms with Gasteiger partial charge in [0.2, 0.25) is 0 Å². The van der Waals surface area contributed by atoms with Gasteiger partial charge in [0.25, 0.3) is 10.0 Å². The first-order valence-electron chi connectivity index (χ1n) is 5.80. The van der Waals surface area contributed by atoms with Crippen LogP contribution in [0, 0.1) is 11.6 Å². The van der Waals surface area contributed by atoms with Crippen LogP contribution in [-0.2, 0) is 16.6 Å². The standard InChI is InChI=1S/C13H11BrF2N2O2S/c14-11-5-9(15)3-4-12(11)18-21(19,20)13-6-10(16)2-1-8(13)7-17/h1-6,18H,7,17H2. The summed E-state index contributed by atoms with van der Waals surface area (Å²) in [5, 5.41) is 0. The van der Waals surface area contributed by atoms with Crippen LogP contribution < -0.4 is 10.5 Å². The summed E-state index contributed by atoms with van der Waals surface area (Å²) >= 11 is 3.06. The first-order valence-corrected chi connectivity index (χ1v) is 8.07. The van der Waals surface area contributed by atoms with Gasteiger partial charge in [0, 0.05) is 11.0 Å². The summed E-state index contributed by atoms with van der Waals surface area (Å²) in [6, 6.07) is 6.82. The van der Waals surface area contributed by atoms with Crippen molar-refractivity contribution in [3.63, 3.8) is 0 Å². The first-order chi connectivity index (χ1) is 9.83. The van der Waals surface area contributed by atoms with Gasteiger partial charge in [-0.3, -0.25) is 4.72 Å². The van der Waals surface area contributed by atoms with Crippen molar-refractivity contribution < 1.29 is 17.2 Å². The van der Waals surface area contributed by atoms with Crippen LogP contribution >= 0.6 is 15.9 Å². The molecule has 0 saturated heterocycles. The molecule has 4 nitrogen and oxygen atoms in total. The summed E-state index contributed by atoms with van der Waals surface area (Å²) in [4.78, 5) is -0.249. The van der Waals surface area contributed by atoms with Crippen LogP contribution in [0.3, 0.4) is 0 Å². The molecule has 0 radical (unpaired) electrons. The summed E-state index contributed by atoms with van der Waals surface area (Å²) in [7, 11) is -4.04. The molecule has 2 aromatic carbocycles. The zero-order valence-corrected chi connectivity index (χ0v) is 13.0. The topological polar surface area (TPSA) is 72.2 Å². The average molecular weight is 377 g/mol. The fourth-order valence-electron chi connectivity index (χ4n) is 1.72. The van der Waals surface area contributed by atoms with Gasteiger partial charge < -0.3 is 5.73 Å². The van der Waals surface area contributed by atoms with Crippen molar-refractivity contribution in [2.45, 2.75) is 11.4 Å². The smallest absolute Gasteiger partial charge is 0.262 e. The Labute approximate surface area is 129 Å². The predicted octanol–water partition coefficient (Wildman–Crippen LogP) is 2.99. The highest BCUT2D eigenvalue weighted by molar-refractivity contribution is 9.10. The highest BCUT2D eigenvalue weighted by atomic mass is 79.9. The molecule has 0 amide bonds. The third-order valence-corrected chi connectivity index (χ3v) is 4.82. The van der Waals surface area contributed by atoms with E-state index in [0.29, 0.717) is 0 Å². The number of sulfonamides is 1. The van der Waals surface area contributed by atoms with E-state index < -0.39 is 21.7 Å². The molecule has 0 aromatic heterocycles. The van der Waals surface area contributed by atoms with Gasteiger partial charge in [-0.05, 0) is 51.8 Å². The quantitative estimate of drug-likeness (QED) is 0.861. The molecule has 2 rings (SSSR count). The van der Waals surface area contributed by atoms with Crippen LogP contribution in [0.15, 0.2) is 45.8 Å². The van der Waals surface area contributed by atoms with Crippen LogP contribution in [0.2, 0.25) is 0 Å². The van der Waals surface area contributed by atoms with Gasteiger partial charge in [0.15, 0.2) is 0 Å². The van der Waals surface area contributed by atoms with Gasteiger partial charge >= 0.3 is 0 Å². The van der Waals surface area contributed by atoms with E-state index in [0.717, 1.165) is 24.3 Å². The molecule has 0 fully saturated rings. The lowest BCUT2D eigenvalue weighted by Crippen LogP contribution is -2.17. The predicted molar refractivity (Wildman–Crippen MR) is 79.2 cm³/mol. The molecule has 0 heterocycles. The second-order valence-corrected chi connectivity index (χ2v) is 6.69. The summed E-state index contributed by atoms with van der Waals surface area (Å²) in [5.41, 5.74) is 5.89. The Morgan fingerprint density at radius 3 is 2.33 bits per heavy atom. The number of benzene rings is 2. The number of nitrogens with one attached hydrogen (secondary N) is 1. The molecule has 2 aromatic rings. The average Bonchev–Trinajstić information content (AvgIpc) is 2.42. The molecule has 8 heteroatoms. The van der Waals surface area contributed by atoms with E-state index in [1.807, 2.05) is 0 Å². The summed E-state index contributed by atoms with van der Waals surface area (Å²) in [6.45, 7) is -0.0545. The van der Waals surface area contributed by atoms with Gasteiger partial charge in [-0.25, -0.2) is 17.2 Å². The van der Waals surface area contributed by atoms with Gasteiger partial charge in [-0.2, -0.15) is 0 Å². The minimum atomic E-state index is -4.04. The van der Waals surface area contributed by atoms with Crippen LogP contribution in [0.5, 0.6) is 0 Å². The highest BCUT2D eigenvalue weighted by Crippen LogP contribution is 2.27. The van der Waals surface area contributed by atoms with Crippen molar-refractivity contribution in [2.24, 2.45) is 5.73 Å². The first kappa shape index (κ1) is 15.9. The fourth-order valence-corrected chi connectivity index (χ4v) is 3.64. The highest BCUT2D eigenvalue weighted by Gasteiger charge is 2.20. The Morgan fingerprint density at radius 2 is 1.71 bits per heavy atom. The Kier molecular flexibility index (Phi) is 4.60. The van der Waals surface area contributed by atoms with Crippen molar-refractivity contribution in [3.05, 3.63) is 58.1 Å². The molecule has 112 valence electrons. The number of anilines is 1. The summed E-state index contributed by atoms with van der Waals surface area (Å²) in [6.07, 6.45) is 0. The number of halogens is 3. The van der Waals surface area contributed by atoms with Crippen LogP contribution in [0.25, 0.3) is 0 Å². The molecule has 0 aliphatic rings. The third kappa shape index (κ3) is 3.58. The van der Waals surface area contributed by atoms with Crippen LogP contribution in [-0.4, -0.2) is 8.42 Å². The zero-order chi connectivity index (χ0) is 15.6. The van der Waals surface area contributed by atoms with Crippen LogP contribution in [0.4, 0.5) is 14.5 Å². The SMILES string of the molecule is NCc1ccc(F)cc1S(=O)(=O)Nc1ccc(F)cc1Br. The second-order valence-electron chi connectivity index (χ2n) is 4.19. The molecule has 0 spiro atoms. The van der Waals surface area contributed by atoms with Crippen molar-refractivity contribution in [2.75, 3.05) is 4.72 Å². The minimum Gasteiger partial charge on any atom is -0.326 e. The molecule has 0 bridgehead atoms. The Hall–Kier alpha value is -1.51. The van der Waals surface area contributed by atoms with E-state index in [9.17, 15) is 17.2 Å². The van der Waals surface area contributed by atoms with E-state index in [4.69, 9.17) is 5.73 Å². The Morgan fingerprint density at radius 1 is 1.10 bits per heavy atom. The van der Waals surface area contributed by atoms with Gasteiger partial charge in [-0.1, -0.05) is 6.07 Å². The molecule has 0 saturated carbocycles. The van der Waals surface area contributed by atoms with E-state index in [1.165, 1.54) is 12.1 Å². The van der Waals surface area contributed by atoms with Crippen molar-refractivity contribution in [1.29, 1.82) is 0 Å². The van der Waals surface area contributed by atoms with E-state index in [1.54, 1.807) is 0 Å². The summed E-state index contributed by atoms with van der Waals surface area (Å²) in [5.74, 6) is -1.20. The van der Waals surface area contributed by atoms with Crippen molar-refractivity contribution >= 4 is 31.6 Å². The second kappa shape index (κ2) is 6.08. The molecule has 0 unspecified atom stereocenters. The number of rotatable bonds is 4. The van der Waals surface area contributed by atoms with Gasteiger partial charge in [0.05, 0.1) is 10.6 Å². The third-order valence-electron chi connectivity index (χ3n) is 2.71. The van der Waals surface area contributed by atoms with E-state index >= 15 is 0 Å². The molecular formula is C13H11BrF2N2O2S. The number of nitrogens with two attached hydrogens (primary N) is 1. The van der Waals surface area contributed by atoms with Crippen molar-refractivity contribution in [1.82, 2.24) is 0 Å². The minimum absolute atomic E-state index is 0.0545. The maximum atomic E-state index is 13.3. The molecular weight excluding hydrogens is 366 g/mol. The fraction of sp³-hybridized carbons (Fsp3) is 0.0769. The maximum Gasteiger partial charge on any atom is 0.262 e. The lowest BCUT2D eigenvalue weighted by molar-refractivity contribution is 0.593. The van der Waals surface area contributed by atoms with Gasteiger partial charge in [0.1, 0.15) is 11.6 Å². The van der Waals surface area contributed by atoms with E-state index in [2.05, 4.69) is 20.7 Å². The zero-order valence-electron chi connectivity index (χ0n) is 10.6. The monoisotopic (exact) mass is 376 g/mol. The normalized spacial score (nSPS) is 11.4. The number of hydrogen-bond acceptors (Lipinski definition) is 3. The maximum absolute atomic E-state index is 13.3. The lowest BCUT2D eigenvalue weighted by Gasteiger charge is -2.12. The molecule has 21 heavy (non-hydrogen) atoms. The molecule has 0 aliphatic heterocycles. The van der Waals surface area contributed by atoms with Crippen LogP contribution in [0.1, 0.15) is 5.56 Å². The largest absolute Gasteiger partial charge is 0.326 e. The lowest BCUT2D eigenvalue weighted by atomic mass is 10.2. The van der Waals surface area contributed by atoms with E-state index in [-0.39, 0.29) is 27.2 Å². The Bertz CT molecular complexity index is 782. The summed E-state index contributed by atoms with van der Waals surface area (Å²) < 4.78 is 53.4. The molecule has 0 atom stereocenters. The van der Waals surface area contributed by atoms with Gasteiger partial charge in [-0.15, -0.1) is 0 Å². The molecule has 3 N–H and O–H groups in total. The number of hydrogen-bond donors (Lipinski definition) is 2.